The Morgan fingerprint density at radius 3 is 1.95 bits per heavy atom. The van der Waals surface area contributed by atoms with Crippen LogP contribution >= 0.6 is 0 Å². The zero-order chi connectivity index (χ0) is 14.6. The highest BCUT2D eigenvalue weighted by Crippen LogP contribution is 2.24. The molecule has 0 fully saturated rings. The van der Waals surface area contributed by atoms with Gasteiger partial charge in [-0.3, -0.25) is 4.90 Å². The molecule has 0 aliphatic rings. The molecular formula is C16H29N3. The van der Waals surface area contributed by atoms with Crippen LogP contribution in [0.15, 0.2) is 24.3 Å². The predicted molar refractivity (Wildman–Crippen MR) is 84.6 cm³/mol. The van der Waals surface area contributed by atoms with Crippen molar-refractivity contribution in [3.05, 3.63) is 29.8 Å². The molecule has 0 aliphatic carbocycles. The minimum Gasteiger partial charge on any atom is -0.378 e. The molecular weight excluding hydrogens is 234 g/mol. The maximum Gasteiger partial charge on any atom is 0.0467 e. The standard InChI is InChI=1S/C16H29N3/c1-16(2,3)12-19(6)15(11-17)13-7-9-14(10-8-13)18(4)5/h7-10,15H,11-12,17H2,1-6H3. The average Bonchev–Trinajstić information content (AvgIpc) is 2.28. The van der Waals surface area contributed by atoms with Gasteiger partial charge in [0.1, 0.15) is 0 Å². The van der Waals surface area contributed by atoms with E-state index in [1.54, 1.807) is 0 Å². The van der Waals surface area contributed by atoms with Crippen LogP contribution in [0.1, 0.15) is 32.4 Å². The third-order valence-corrected chi connectivity index (χ3v) is 3.27. The predicted octanol–water partition coefficient (Wildman–Crippen LogP) is 2.73. The van der Waals surface area contributed by atoms with Crippen LogP contribution in [0.25, 0.3) is 0 Å². The largest absolute Gasteiger partial charge is 0.378 e. The Balaban J connectivity index is 2.84. The molecule has 0 amide bonds. The SMILES string of the molecule is CN(C)c1ccc(C(CN)N(C)CC(C)(C)C)cc1. The second-order valence-corrected chi connectivity index (χ2v) is 6.71. The second-order valence-electron chi connectivity index (χ2n) is 6.71. The van der Waals surface area contributed by atoms with Crippen LogP contribution in [0, 0.1) is 5.41 Å². The Morgan fingerprint density at radius 2 is 1.58 bits per heavy atom. The lowest BCUT2D eigenvalue weighted by Gasteiger charge is -2.33. The van der Waals surface area contributed by atoms with Crippen LogP contribution in [0.2, 0.25) is 0 Å². The van der Waals surface area contributed by atoms with Gasteiger partial charge in [-0.2, -0.15) is 0 Å². The van der Waals surface area contributed by atoms with Crippen molar-refractivity contribution in [1.82, 2.24) is 4.90 Å². The Morgan fingerprint density at radius 1 is 1.05 bits per heavy atom. The van der Waals surface area contributed by atoms with E-state index < -0.39 is 0 Å². The van der Waals surface area contributed by atoms with E-state index in [4.69, 9.17) is 5.73 Å². The molecule has 0 aliphatic heterocycles. The third-order valence-electron chi connectivity index (χ3n) is 3.27. The van der Waals surface area contributed by atoms with Gasteiger partial charge in [0.25, 0.3) is 0 Å². The van der Waals surface area contributed by atoms with Gasteiger partial charge in [0.2, 0.25) is 0 Å². The molecule has 0 saturated heterocycles. The van der Waals surface area contributed by atoms with Crippen molar-refractivity contribution < 1.29 is 0 Å². The second kappa shape index (κ2) is 6.40. The van der Waals surface area contributed by atoms with E-state index in [9.17, 15) is 0 Å². The summed E-state index contributed by atoms with van der Waals surface area (Å²) in [5.41, 5.74) is 8.77. The summed E-state index contributed by atoms with van der Waals surface area (Å²) in [7, 11) is 6.27. The summed E-state index contributed by atoms with van der Waals surface area (Å²) in [6.45, 7) is 8.45. The topological polar surface area (TPSA) is 32.5 Å². The Bertz CT molecular complexity index is 376. The number of rotatable bonds is 5. The van der Waals surface area contributed by atoms with Gasteiger partial charge in [-0.1, -0.05) is 32.9 Å². The summed E-state index contributed by atoms with van der Waals surface area (Å²) in [5.74, 6) is 0. The zero-order valence-electron chi connectivity index (χ0n) is 13.3. The lowest BCUT2D eigenvalue weighted by molar-refractivity contribution is 0.176. The smallest absolute Gasteiger partial charge is 0.0467 e. The fourth-order valence-corrected chi connectivity index (χ4v) is 2.42. The number of likely N-dealkylation sites (N-methyl/N-ethyl adjacent to an activating group) is 1. The molecule has 108 valence electrons. The zero-order valence-corrected chi connectivity index (χ0v) is 13.3. The molecule has 0 spiro atoms. The molecule has 1 atom stereocenters. The van der Waals surface area contributed by atoms with Crippen molar-refractivity contribution in [2.45, 2.75) is 26.8 Å². The molecule has 1 aromatic carbocycles. The van der Waals surface area contributed by atoms with Crippen molar-refractivity contribution in [2.24, 2.45) is 11.1 Å². The summed E-state index contributed by atoms with van der Waals surface area (Å²) in [6.07, 6.45) is 0. The highest BCUT2D eigenvalue weighted by Gasteiger charge is 2.20. The maximum absolute atomic E-state index is 5.97. The average molecular weight is 263 g/mol. The molecule has 2 N–H and O–H groups in total. The van der Waals surface area contributed by atoms with Crippen LogP contribution in [-0.2, 0) is 0 Å². The van der Waals surface area contributed by atoms with Gasteiger partial charge in [-0.25, -0.2) is 0 Å². The molecule has 0 aromatic heterocycles. The first-order valence-corrected chi connectivity index (χ1v) is 6.92. The first kappa shape index (κ1) is 16.0. The molecule has 0 saturated carbocycles. The van der Waals surface area contributed by atoms with Crippen LogP contribution in [0.4, 0.5) is 5.69 Å². The molecule has 19 heavy (non-hydrogen) atoms. The van der Waals surface area contributed by atoms with Gasteiger partial charge in [0, 0.05) is 38.9 Å². The molecule has 1 unspecified atom stereocenters. The minimum atomic E-state index is 0.283. The number of hydrogen-bond acceptors (Lipinski definition) is 3. The van der Waals surface area contributed by atoms with Crippen molar-refractivity contribution in [3.8, 4) is 0 Å². The number of nitrogens with two attached hydrogens (primary N) is 1. The van der Waals surface area contributed by atoms with Crippen LogP contribution in [0.3, 0.4) is 0 Å². The summed E-state index contributed by atoms with van der Waals surface area (Å²) < 4.78 is 0. The van der Waals surface area contributed by atoms with Crippen molar-refractivity contribution >= 4 is 5.69 Å². The Kier molecular flexibility index (Phi) is 5.39. The highest BCUT2D eigenvalue weighted by atomic mass is 15.1. The summed E-state index contributed by atoms with van der Waals surface area (Å²) in [5, 5.41) is 0. The fraction of sp³-hybridized carbons (Fsp3) is 0.625. The molecule has 0 radical (unpaired) electrons. The quantitative estimate of drug-likeness (QED) is 0.886. The van der Waals surface area contributed by atoms with E-state index in [1.807, 2.05) is 0 Å². The van der Waals surface area contributed by atoms with Crippen molar-refractivity contribution in [1.29, 1.82) is 0 Å². The highest BCUT2D eigenvalue weighted by molar-refractivity contribution is 5.46. The van der Waals surface area contributed by atoms with E-state index in [2.05, 4.69) is 76.0 Å². The molecule has 3 nitrogen and oxygen atoms in total. The van der Waals surface area contributed by atoms with Crippen LogP contribution < -0.4 is 10.6 Å². The molecule has 1 aromatic rings. The van der Waals surface area contributed by atoms with Gasteiger partial charge in [0.05, 0.1) is 0 Å². The van der Waals surface area contributed by atoms with Crippen LogP contribution in [-0.4, -0.2) is 39.1 Å². The number of hydrogen-bond donors (Lipinski definition) is 1. The Hall–Kier alpha value is -1.06. The van der Waals surface area contributed by atoms with E-state index in [0.29, 0.717) is 6.54 Å². The first-order valence-electron chi connectivity index (χ1n) is 6.92. The number of anilines is 1. The molecule has 0 bridgehead atoms. The van der Waals surface area contributed by atoms with E-state index in [1.165, 1.54) is 11.3 Å². The van der Waals surface area contributed by atoms with Gasteiger partial charge < -0.3 is 10.6 Å². The summed E-state index contributed by atoms with van der Waals surface area (Å²) >= 11 is 0. The third kappa shape index (κ3) is 4.84. The van der Waals surface area contributed by atoms with Crippen molar-refractivity contribution in [2.75, 3.05) is 39.1 Å². The maximum atomic E-state index is 5.97. The minimum absolute atomic E-state index is 0.283. The lowest BCUT2D eigenvalue weighted by Crippen LogP contribution is -2.36. The first-order chi connectivity index (χ1) is 8.74. The van der Waals surface area contributed by atoms with Crippen LogP contribution in [0.5, 0.6) is 0 Å². The Labute approximate surface area is 118 Å². The summed E-state index contributed by atoms with van der Waals surface area (Å²) in [6, 6.07) is 8.97. The van der Waals surface area contributed by atoms with Gasteiger partial charge in [-0.15, -0.1) is 0 Å². The number of benzene rings is 1. The van der Waals surface area contributed by atoms with E-state index >= 15 is 0 Å². The molecule has 3 heteroatoms. The lowest BCUT2D eigenvalue weighted by atomic mass is 9.94. The monoisotopic (exact) mass is 263 g/mol. The molecule has 1 rings (SSSR count). The van der Waals surface area contributed by atoms with E-state index in [0.717, 1.165) is 6.54 Å². The van der Waals surface area contributed by atoms with Gasteiger partial charge in [0.15, 0.2) is 0 Å². The molecule has 0 heterocycles. The fourth-order valence-electron chi connectivity index (χ4n) is 2.42. The van der Waals surface area contributed by atoms with E-state index in [-0.39, 0.29) is 11.5 Å². The van der Waals surface area contributed by atoms with Gasteiger partial charge >= 0.3 is 0 Å². The normalized spacial score (nSPS) is 13.7. The van der Waals surface area contributed by atoms with Crippen molar-refractivity contribution in [3.63, 3.8) is 0 Å². The van der Waals surface area contributed by atoms with Gasteiger partial charge in [-0.05, 0) is 30.2 Å². The summed E-state index contributed by atoms with van der Waals surface area (Å²) in [4.78, 5) is 4.46. The number of nitrogens with zero attached hydrogens (tertiary/aromatic N) is 2.